The number of nitrogens with two attached hydrogens (primary N) is 1. The summed E-state index contributed by atoms with van der Waals surface area (Å²) in [4.78, 5) is 18.8. The number of hydrogen-bond acceptors (Lipinski definition) is 4. The van der Waals surface area contributed by atoms with Crippen LogP contribution in [0.4, 0.5) is 0 Å². The molecule has 6 nitrogen and oxygen atoms in total. The number of benzene rings is 1. The summed E-state index contributed by atoms with van der Waals surface area (Å²) < 4.78 is 1.69. The third kappa shape index (κ3) is 3.94. The molecule has 1 fully saturated rings. The van der Waals surface area contributed by atoms with Gasteiger partial charge in [-0.1, -0.05) is 23.7 Å². The molecule has 0 bridgehead atoms. The highest BCUT2D eigenvalue weighted by Crippen LogP contribution is 2.41. The molecule has 0 radical (unpaired) electrons. The molecule has 0 atom stereocenters. The first-order valence-electron chi connectivity index (χ1n) is 8.78. The minimum atomic E-state index is -0.0414. The van der Waals surface area contributed by atoms with E-state index in [1.54, 1.807) is 4.68 Å². The average Bonchev–Trinajstić information content (AvgIpc) is 3.12. The van der Waals surface area contributed by atoms with Crippen LogP contribution in [0.25, 0.3) is 0 Å². The topological polar surface area (TPSA) is 77.0 Å². The van der Waals surface area contributed by atoms with Crippen LogP contribution in [0, 0.1) is 0 Å². The van der Waals surface area contributed by atoms with E-state index in [0.717, 1.165) is 30.7 Å². The summed E-state index contributed by atoms with van der Waals surface area (Å²) in [7, 11) is 0. The molecule has 2 N–H and O–H groups in total. The molecule has 1 amide bonds. The van der Waals surface area contributed by atoms with Gasteiger partial charge in [0, 0.05) is 29.6 Å². The summed E-state index contributed by atoms with van der Waals surface area (Å²) in [5.74, 6) is 0.452. The van der Waals surface area contributed by atoms with Crippen LogP contribution in [-0.2, 0) is 12.0 Å². The summed E-state index contributed by atoms with van der Waals surface area (Å²) >= 11 is 6.18. The van der Waals surface area contributed by atoms with Gasteiger partial charge in [0.2, 0.25) is 5.82 Å². The van der Waals surface area contributed by atoms with E-state index in [-0.39, 0.29) is 42.2 Å². The van der Waals surface area contributed by atoms with Crippen LogP contribution >= 0.6 is 36.4 Å². The average molecular weight is 433 g/mol. The van der Waals surface area contributed by atoms with Crippen LogP contribution < -0.4 is 5.73 Å². The highest BCUT2D eigenvalue weighted by atomic mass is 35.5. The summed E-state index contributed by atoms with van der Waals surface area (Å²) in [6.45, 7) is 2.02. The number of nitrogens with zero attached hydrogens (tertiary/aromatic N) is 4. The van der Waals surface area contributed by atoms with Gasteiger partial charge in [0.25, 0.3) is 5.91 Å². The van der Waals surface area contributed by atoms with Gasteiger partial charge in [-0.05, 0) is 43.4 Å². The van der Waals surface area contributed by atoms with Crippen LogP contribution in [0.3, 0.4) is 0 Å². The summed E-state index contributed by atoms with van der Waals surface area (Å²) in [5.41, 5.74) is 7.35. The smallest absolute Gasteiger partial charge is 0.291 e. The van der Waals surface area contributed by atoms with Crippen molar-refractivity contribution in [3.8, 4) is 0 Å². The van der Waals surface area contributed by atoms with Crippen molar-refractivity contribution in [2.24, 2.45) is 5.73 Å². The lowest BCUT2D eigenvalue weighted by Crippen LogP contribution is -2.51. The number of carbonyl (C=O) groups excluding carboxylic acids is 1. The lowest BCUT2D eigenvalue weighted by atomic mass is 9.68. The molecule has 2 heterocycles. The standard InChI is InChI=1S/C18H22ClN5O.2ClH/c19-14-3-1-2-13(10-14)18(11-20)6-4-15(5-7-18)23-8-9-24-16(17(23)25)21-12-22-24;;/h1-3,10,12,15H,4-9,11,20H2;2*1H/t15-,18+;;. The Morgan fingerprint density at radius 2 is 1.96 bits per heavy atom. The van der Waals surface area contributed by atoms with Gasteiger partial charge in [-0.2, -0.15) is 5.10 Å². The Hall–Kier alpha value is -1.34. The van der Waals surface area contributed by atoms with Crippen molar-refractivity contribution in [2.75, 3.05) is 13.1 Å². The zero-order valence-corrected chi connectivity index (χ0v) is 17.3. The van der Waals surface area contributed by atoms with E-state index >= 15 is 0 Å². The molecule has 9 heteroatoms. The Balaban J connectivity index is 0.00000131. The van der Waals surface area contributed by atoms with Crippen molar-refractivity contribution < 1.29 is 4.79 Å². The van der Waals surface area contributed by atoms with E-state index < -0.39 is 0 Å². The Labute approximate surface area is 176 Å². The van der Waals surface area contributed by atoms with Gasteiger partial charge < -0.3 is 10.6 Å². The van der Waals surface area contributed by atoms with E-state index in [4.69, 9.17) is 17.3 Å². The van der Waals surface area contributed by atoms with E-state index in [0.29, 0.717) is 25.5 Å². The van der Waals surface area contributed by atoms with Crippen LogP contribution in [0.1, 0.15) is 41.9 Å². The molecule has 2 aromatic rings. The Bertz CT molecular complexity index is 789. The van der Waals surface area contributed by atoms with Crippen LogP contribution in [0.15, 0.2) is 30.6 Å². The molecule has 0 spiro atoms. The Kier molecular flexibility index (Phi) is 7.14. The second-order valence-corrected chi connectivity index (χ2v) is 7.47. The van der Waals surface area contributed by atoms with Gasteiger partial charge in [-0.25, -0.2) is 9.67 Å². The second-order valence-electron chi connectivity index (χ2n) is 7.03. The summed E-state index contributed by atoms with van der Waals surface area (Å²) in [6, 6.07) is 8.28. The minimum Gasteiger partial charge on any atom is -0.331 e. The van der Waals surface area contributed by atoms with Crippen LogP contribution in [0.2, 0.25) is 5.02 Å². The third-order valence-corrected chi connectivity index (χ3v) is 6.04. The number of fused-ring (bicyclic) bond motifs is 1. The second kappa shape index (κ2) is 8.78. The summed E-state index contributed by atoms with van der Waals surface area (Å²) in [6.07, 6.45) is 5.28. The molecular weight excluding hydrogens is 409 g/mol. The Morgan fingerprint density at radius 1 is 1.22 bits per heavy atom. The molecule has 2 aliphatic rings. The van der Waals surface area contributed by atoms with Gasteiger partial charge in [-0.15, -0.1) is 24.8 Å². The highest BCUT2D eigenvalue weighted by molar-refractivity contribution is 6.30. The van der Waals surface area contributed by atoms with Gasteiger partial charge >= 0.3 is 0 Å². The maximum Gasteiger partial charge on any atom is 0.291 e. The maximum absolute atomic E-state index is 12.7. The van der Waals surface area contributed by atoms with Gasteiger partial charge in [0.05, 0.1) is 6.54 Å². The third-order valence-electron chi connectivity index (χ3n) is 5.80. The number of carbonyl (C=O) groups is 1. The normalized spacial score (nSPS) is 24.6. The predicted molar refractivity (Wildman–Crippen MR) is 110 cm³/mol. The van der Waals surface area contributed by atoms with Gasteiger partial charge in [0.15, 0.2) is 0 Å². The number of hydrogen-bond donors (Lipinski definition) is 1. The lowest BCUT2D eigenvalue weighted by Gasteiger charge is -2.44. The number of rotatable bonds is 3. The number of halogens is 3. The zero-order valence-electron chi connectivity index (χ0n) is 14.9. The largest absolute Gasteiger partial charge is 0.331 e. The van der Waals surface area contributed by atoms with E-state index in [2.05, 4.69) is 16.1 Å². The summed E-state index contributed by atoms with van der Waals surface area (Å²) in [5, 5.41) is 4.85. The molecule has 27 heavy (non-hydrogen) atoms. The molecule has 4 rings (SSSR count). The van der Waals surface area contributed by atoms with Crippen molar-refractivity contribution in [1.82, 2.24) is 19.7 Å². The molecule has 1 aliphatic carbocycles. The highest BCUT2D eigenvalue weighted by Gasteiger charge is 2.40. The van der Waals surface area contributed by atoms with Crippen LogP contribution in [0.5, 0.6) is 0 Å². The predicted octanol–water partition coefficient (Wildman–Crippen LogP) is 3.07. The van der Waals surface area contributed by atoms with Gasteiger partial charge in [-0.3, -0.25) is 4.79 Å². The maximum atomic E-state index is 12.7. The molecule has 0 saturated heterocycles. The molecule has 1 aliphatic heterocycles. The minimum absolute atomic E-state index is 0. The van der Waals surface area contributed by atoms with Crippen LogP contribution in [-0.4, -0.2) is 44.7 Å². The van der Waals surface area contributed by atoms with E-state index in [9.17, 15) is 4.79 Å². The molecule has 0 unspecified atom stereocenters. The fourth-order valence-electron chi connectivity index (χ4n) is 4.27. The van der Waals surface area contributed by atoms with Crippen molar-refractivity contribution in [3.05, 3.63) is 47.0 Å². The van der Waals surface area contributed by atoms with Gasteiger partial charge in [0.1, 0.15) is 6.33 Å². The van der Waals surface area contributed by atoms with E-state index in [1.807, 2.05) is 23.1 Å². The SMILES string of the molecule is Cl.Cl.NC[C@]1(c2cccc(Cl)c2)CC[C@@H](N2CCn3ncnc3C2=O)CC1. The Morgan fingerprint density at radius 3 is 2.63 bits per heavy atom. The van der Waals surface area contributed by atoms with Crippen molar-refractivity contribution in [2.45, 2.75) is 43.7 Å². The van der Waals surface area contributed by atoms with E-state index in [1.165, 1.54) is 11.9 Å². The molecule has 1 aromatic carbocycles. The molecule has 1 aromatic heterocycles. The number of amides is 1. The zero-order chi connectivity index (χ0) is 17.4. The first-order valence-corrected chi connectivity index (χ1v) is 9.16. The first-order chi connectivity index (χ1) is 12.1. The van der Waals surface area contributed by atoms with Crippen molar-refractivity contribution >= 4 is 42.3 Å². The fraction of sp³-hybridized carbons (Fsp3) is 0.500. The molecule has 1 saturated carbocycles. The molecular formula is C18H24Cl3N5O. The number of aromatic nitrogens is 3. The first kappa shape index (κ1) is 22.0. The lowest BCUT2D eigenvalue weighted by molar-refractivity contribution is 0.0514. The molecule has 148 valence electrons. The fourth-order valence-corrected chi connectivity index (χ4v) is 4.46. The monoisotopic (exact) mass is 431 g/mol. The quantitative estimate of drug-likeness (QED) is 0.808. The van der Waals surface area contributed by atoms with Crippen molar-refractivity contribution in [3.63, 3.8) is 0 Å². The van der Waals surface area contributed by atoms with Crippen molar-refractivity contribution in [1.29, 1.82) is 0 Å².